The molecule has 17 heavy (non-hydrogen) atoms. The molecular weight excluding hydrogens is 210 g/mol. The van der Waals surface area contributed by atoms with Crippen molar-refractivity contribution >= 4 is 10.9 Å². The van der Waals surface area contributed by atoms with Crippen molar-refractivity contribution in [3.63, 3.8) is 0 Å². The summed E-state index contributed by atoms with van der Waals surface area (Å²) in [5.41, 5.74) is 9.57. The molecule has 3 rings (SSSR count). The van der Waals surface area contributed by atoms with Gasteiger partial charge in [-0.15, -0.1) is 0 Å². The third-order valence-electron chi connectivity index (χ3n) is 3.70. The van der Waals surface area contributed by atoms with E-state index in [0.717, 1.165) is 6.54 Å². The lowest BCUT2D eigenvalue weighted by Crippen LogP contribution is -2.18. The lowest BCUT2D eigenvalue weighted by molar-refractivity contribution is 0.332. The summed E-state index contributed by atoms with van der Waals surface area (Å²) in [4.78, 5) is 5.90. The fraction of sp³-hybridized carbons (Fsp3) is 0.429. The maximum atomic E-state index is 5.76. The molecule has 0 bridgehead atoms. The van der Waals surface area contributed by atoms with Crippen molar-refractivity contribution in [2.24, 2.45) is 5.73 Å². The van der Waals surface area contributed by atoms with Crippen LogP contribution in [0.2, 0.25) is 0 Å². The third kappa shape index (κ3) is 1.96. The van der Waals surface area contributed by atoms with E-state index in [1.165, 1.54) is 48.0 Å². The number of rotatable bonds is 3. The SMILES string of the molecule is NCc1cccc2c(CN3CCCC3)c[nH]c12. The Morgan fingerprint density at radius 1 is 1.18 bits per heavy atom. The Morgan fingerprint density at radius 3 is 2.76 bits per heavy atom. The van der Waals surface area contributed by atoms with E-state index in [9.17, 15) is 0 Å². The number of H-pyrrole nitrogens is 1. The van der Waals surface area contributed by atoms with Crippen molar-refractivity contribution in [1.82, 2.24) is 9.88 Å². The number of nitrogens with zero attached hydrogens (tertiary/aromatic N) is 1. The van der Waals surface area contributed by atoms with Crippen LogP contribution in [0, 0.1) is 0 Å². The number of benzene rings is 1. The van der Waals surface area contributed by atoms with Gasteiger partial charge in [0.2, 0.25) is 0 Å². The average Bonchev–Trinajstić information content (AvgIpc) is 2.99. The molecule has 0 saturated carbocycles. The van der Waals surface area contributed by atoms with Gasteiger partial charge in [-0.1, -0.05) is 18.2 Å². The zero-order valence-corrected chi connectivity index (χ0v) is 10.1. The second-order valence-electron chi connectivity index (χ2n) is 4.84. The number of fused-ring (bicyclic) bond motifs is 1. The molecule has 1 aromatic heterocycles. The van der Waals surface area contributed by atoms with E-state index in [-0.39, 0.29) is 0 Å². The van der Waals surface area contributed by atoms with E-state index in [1.54, 1.807) is 0 Å². The highest BCUT2D eigenvalue weighted by Gasteiger charge is 2.14. The van der Waals surface area contributed by atoms with Crippen molar-refractivity contribution in [3.05, 3.63) is 35.5 Å². The molecule has 0 amide bonds. The molecule has 0 unspecified atom stereocenters. The molecule has 0 spiro atoms. The largest absolute Gasteiger partial charge is 0.361 e. The van der Waals surface area contributed by atoms with E-state index in [1.807, 2.05) is 0 Å². The van der Waals surface area contributed by atoms with Crippen LogP contribution >= 0.6 is 0 Å². The summed E-state index contributed by atoms with van der Waals surface area (Å²) in [6.07, 6.45) is 4.83. The summed E-state index contributed by atoms with van der Waals surface area (Å²) < 4.78 is 0. The van der Waals surface area contributed by atoms with Gasteiger partial charge in [0.25, 0.3) is 0 Å². The average molecular weight is 229 g/mol. The van der Waals surface area contributed by atoms with E-state index < -0.39 is 0 Å². The molecule has 1 saturated heterocycles. The minimum Gasteiger partial charge on any atom is -0.361 e. The topological polar surface area (TPSA) is 45.0 Å². The van der Waals surface area contributed by atoms with Gasteiger partial charge in [-0.3, -0.25) is 4.90 Å². The summed E-state index contributed by atoms with van der Waals surface area (Å²) in [6.45, 7) is 4.14. The van der Waals surface area contributed by atoms with Gasteiger partial charge in [0.05, 0.1) is 5.52 Å². The summed E-state index contributed by atoms with van der Waals surface area (Å²) >= 11 is 0. The number of hydrogen-bond donors (Lipinski definition) is 2. The number of nitrogens with two attached hydrogens (primary N) is 1. The van der Waals surface area contributed by atoms with Crippen LogP contribution in [-0.2, 0) is 13.1 Å². The van der Waals surface area contributed by atoms with Gasteiger partial charge in [-0.2, -0.15) is 0 Å². The fourth-order valence-electron chi connectivity index (χ4n) is 2.76. The Balaban J connectivity index is 1.94. The van der Waals surface area contributed by atoms with Gasteiger partial charge in [0, 0.05) is 24.7 Å². The van der Waals surface area contributed by atoms with Gasteiger partial charge in [0.15, 0.2) is 0 Å². The zero-order chi connectivity index (χ0) is 11.7. The zero-order valence-electron chi connectivity index (χ0n) is 10.1. The number of aromatic nitrogens is 1. The second-order valence-corrected chi connectivity index (χ2v) is 4.84. The molecule has 2 aromatic rings. The maximum absolute atomic E-state index is 5.76. The first-order chi connectivity index (χ1) is 8.38. The maximum Gasteiger partial charge on any atom is 0.0502 e. The monoisotopic (exact) mass is 229 g/mol. The van der Waals surface area contributed by atoms with Crippen LogP contribution in [0.1, 0.15) is 24.0 Å². The number of hydrogen-bond acceptors (Lipinski definition) is 2. The van der Waals surface area contributed by atoms with Crippen molar-refractivity contribution in [1.29, 1.82) is 0 Å². The number of para-hydroxylation sites is 1. The highest BCUT2D eigenvalue weighted by atomic mass is 15.1. The lowest BCUT2D eigenvalue weighted by atomic mass is 10.1. The summed E-state index contributed by atoms with van der Waals surface area (Å²) in [6, 6.07) is 6.39. The molecule has 3 nitrogen and oxygen atoms in total. The van der Waals surface area contributed by atoms with Gasteiger partial charge >= 0.3 is 0 Å². The Bertz CT molecular complexity index is 509. The molecule has 3 heteroatoms. The van der Waals surface area contributed by atoms with Crippen LogP contribution < -0.4 is 5.73 Å². The smallest absolute Gasteiger partial charge is 0.0502 e. The summed E-state index contributed by atoms with van der Waals surface area (Å²) in [5, 5.41) is 1.33. The first kappa shape index (κ1) is 10.8. The number of likely N-dealkylation sites (tertiary alicyclic amines) is 1. The molecule has 90 valence electrons. The van der Waals surface area contributed by atoms with Gasteiger partial charge in [-0.05, 0) is 37.1 Å². The van der Waals surface area contributed by atoms with Crippen LogP contribution in [0.5, 0.6) is 0 Å². The van der Waals surface area contributed by atoms with Crippen LogP contribution in [0.3, 0.4) is 0 Å². The van der Waals surface area contributed by atoms with Crippen molar-refractivity contribution < 1.29 is 0 Å². The van der Waals surface area contributed by atoms with Crippen LogP contribution in [-0.4, -0.2) is 23.0 Å². The molecule has 1 aliphatic rings. The number of aromatic amines is 1. The van der Waals surface area contributed by atoms with Gasteiger partial charge in [-0.25, -0.2) is 0 Å². The Labute approximate surface area is 102 Å². The van der Waals surface area contributed by atoms with Crippen molar-refractivity contribution in [3.8, 4) is 0 Å². The fourth-order valence-corrected chi connectivity index (χ4v) is 2.76. The number of nitrogens with one attached hydrogen (secondary N) is 1. The van der Waals surface area contributed by atoms with Crippen LogP contribution in [0.4, 0.5) is 0 Å². The minimum atomic E-state index is 0.598. The van der Waals surface area contributed by atoms with Gasteiger partial charge < -0.3 is 10.7 Å². The Kier molecular flexibility index (Phi) is 2.87. The second kappa shape index (κ2) is 4.51. The standard InChI is InChI=1S/C14H19N3/c15-8-11-4-3-5-13-12(9-16-14(11)13)10-17-6-1-2-7-17/h3-5,9,16H,1-2,6-8,10,15H2. The van der Waals surface area contributed by atoms with E-state index >= 15 is 0 Å². The summed E-state index contributed by atoms with van der Waals surface area (Å²) in [5.74, 6) is 0. The molecular formula is C14H19N3. The summed E-state index contributed by atoms with van der Waals surface area (Å²) in [7, 11) is 0. The van der Waals surface area contributed by atoms with Crippen LogP contribution in [0.25, 0.3) is 10.9 Å². The van der Waals surface area contributed by atoms with Crippen LogP contribution in [0.15, 0.2) is 24.4 Å². The van der Waals surface area contributed by atoms with E-state index in [0.29, 0.717) is 6.54 Å². The molecule has 0 aliphatic carbocycles. The molecule has 3 N–H and O–H groups in total. The molecule has 2 heterocycles. The quantitative estimate of drug-likeness (QED) is 0.847. The van der Waals surface area contributed by atoms with Gasteiger partial charge in [0.1, 0.15) is 0 Å². The molecule has 0 atom stereocenters. The Morgan fingerprint density at radius 2 is 2.00 bits per heavy atom. The van der Waals surface area contributed by atoms with Crippen molar-refractivity contribution in [2.75, 3.05) is 13.1 Å². The lowest BCUT2D eigenvalue weighted by Gasteiger charge is -2.13. The predicted molar refractivity (Wildman–Crippen MR) is 70.7 cm³/mol. The highest BCUT2D eigenvalue weighted by Crippen LogP contribution is 2.23. The molecule has 0 radical (unpaired) electrons. The molecule has 1 aliphatic heterocycles. The highest BCUT2D eigenvalue weighted by molar-refractivity contribution is 5.86. The molecule has 1 aromatic carbocycles. The third-order valence-corrected chi connectivity index (χ3v) is 3.70. The Hall–Kier alpha value is -1.32. The van der Waals surface area contributed by atoms with E-state index in [4.69, 9.17) is 5.73 Å². The first-order valence-electron chi connectivity index (χ1n) is 6.39. The van der Waals surface area contributed by atoms with Crippen molar-refractivity contribution in [2.45, 2.75) is 25.9 Å². The molecule has 1 fully saturated rings. The normalized spacial score (nSPS) is 17.0. The first-order valence-corrected chi connectivity index (χ1v) is 6.39. The predicted octanol–water partition coefficient (Wildman–Crippen LogP) is 2.22. The minimum absolute atomic E-state index is 0.598. The van der Waals surface area contributed by atoms with E-state index in [2.05, 4.69) is 34.3 Å².